The van der Waals surface area contributed by atoms with E-state index in [0.717, 1.165) is 12.1 Å². The summed E-state index contributed by atoms with van der Waals surface area (Å²) in [7, 11) is 0. The number of hydrogen-bond acceptors (Lipinski definition) is 4. The highest BCUT2D eigenvalue weighted by Crippen LogP contribution is 2.34. The third-order valence-electron chi connectivity index (χ3n) is 2.53. The molecular formula is C11H5ClF3N3O3. The maximum absolute atomic E-state index is 12.8. The lowest BCUT2D eigenvalue weighted by Crippen LogP contribution is -2.09. The first-order valence-corrected chi connectivity index (χ1v) is 5.69. The molecule has 0 aliphatic heterocycles. The standard InChI is InChI=1S/C11H5ClF3N3O3/c12-10-8(5-19)9(11(13,14)15)16-17(10)6-2-1-3-7(4-6)18(20)21/h1-5H. The molecule has 2 aromatic rings. The number of benzene rings is 1. The van der Waals surface area contributed by atoms with Crippen LogP contribution in [0.5, 0.6) is 0 Å². The second-order valence-corrected chi connectivity index (χ2v) is 4.22. The minimum atomic E-state index is -4.87. The van der Waals surface area contributed by atoms with E-state index < -0.39 is 27.5 Å². The van der Waals surface area contributed by atoms with Crippen LogP contribution in [0.25, 0.3) is 5.69 Å². The smallest absolute Gasteiger partial charge is 0.298 e. The average Bonchev–Trinajstić information content (AvgIpc) is 2.75. The van der Waals surface area contributed by atoms with Gasteiger partial charge >= 0.3 is 6.18 Å². The van der Waals surface area contributed by atoms with Crippen LogP contribution in [0.15, 0.2) is 24.3 Å². The van der Waals surface area contributed by atoms with Crippen molar-refractivity contribution >= 4 is 23.6 Å². The number of aromatic nitrogens is 2. The summed E-state index contributed by atoms with van der Waals surface area (Å²) in [5.41, 5.74) is -2.68. The molecule has 0 unspecified atom stereocenters. The number of nitro benzene ring substituents is 1. The molecule has 0 aliphatic carbocycles. The first-order chi connectivity index (χ1) is 9.75. The minimum absolute atomic E-state index is 0.0622. The Kier molecular flexibility index (Phi) is 3.69. The fourth-order valence-corrected chi connectivity index (χ4v) is 1.90. The third-order valence-corrected chi connectivity index (χ3v) is 2.90. The van der Waals surface area contributed by atoms with Crippen molar-refractivity contribution in [3.05, 3.63) is 50.8 Å². The summed E-state index contributed by atoms with van der Waals surface area (Å²) in [6.45, 7) is 0. The Labute approximate surface area is 119 Å². The van der Waals surface area contributed by atoms with Gasteiger partial charge in [-0.2, -0.15) is 18.3 Å². The predicted octanol–water partition coefficient (Wildman–Crippen LogP) is 3.27. The average molecular weight is 320 g/mol. The van der Waals surface area contributed by atoms with Gasteiger partial charge < -0.3 is 0 Å². The quantitative estimate of drug-likeness (QED) is 0.494. The molecule has 1 aromatic carbocycles. The van der Waals surface area contributed by atoms with Crippen LogP contribution in [0.2, 0.25) is 5.15 Å². The summed E-state index contributed by atoms with van der Waals surface area (Å²) < 4.78 is 38.9. The van der Waals surface area contributed by atoms with Crippen molar-refractivity contribution in [3.8, 4) is 5.69 Å². The Bertz CT molecular complexity index is 727. The molecule has 2 rings (SSSR count). The van der Waals surface area contributed by atoms with Crippen LogP contribution in [0.1, 0.15) is 16.1 Å². The molecule has 6 nitrogen and oxygen atoms in total. The number of alkyl halides is 3. The van der Waals surface area contributed by atoms with Gasteiger partial charge in [0.15, 0.2) is 12.0 Å². The molecule has 0 spiro atoms. The molecule has 21 heavy (non-hydrogen) atoms. The second kappa shape index (κ2) is 5.17. The Morgan fingerprint density at radius 3 is 2.52 bits per heavy atom. The lowest BCUT2D eigenvalue weighted by atomic mass is 10.2. The molecule has 0 bridgehead atoms. The van der Waals surface area contributed by atoms with Crippen molar-refractivity contribution in [2.24, 2.45) is 0 Å². The lowest BCUT2D eigenvalue weighted by Gasteiger charge is -2.03. The number of non-ortho nitro benzene ring substituents is 1. The molecule has 1 heterocycles. The molecule has 0 radical (unpaired) electrons. The number of carbonyl (C=O) groups excluding carboxylic acids is 1. The minimum Gasteiger partial charge on any atom is -0.298 e. The zero-order chi connectivity index (χ0) is 15.8. The fraction of sp³-hybridized carbons (Fsp3) is 0.0909. The zero-order valence-corrected chi connectivity index (χ0v) is 10.7. The Morgan fingerprint density at radius 2 is 2.05 bits per heavy atom. The normalized spacial score (nSPS) is 11.4. The summed E-state index contributed by atoms with van der Waals surface area (Å²) in [6.07, 6.45) is -4.93. The van der Waals surface area contributed by atoms with E-state index in [1.54, 1.807) is 0 Å². The molecule has 0 atom stereocenters. The summed E-state index contributed by atoms with van der Waals surface area (Å²) in [4.78, 5) is 20.7. The molecule has 0 N–H and O–H groups in total. The van der Waals surface area contributed by atoms with Crippen LogP contribution in [0.4, 0.5) is 18.9 Å². The van der Waals surface area contributed by atoms with Crippen LogP contribution in [-0.4, -0.2) is 21.0 Å². The van der Waals surface area contributed by atoms with Crippen LogP contribution >= 0.6 is 11.6 Å². The van der Waals surface area contributed by atoms with Gasteiger partial charge in [-0.25, -0.2) is 4.68 Å². The summed E-state index contributed by atoms with van der Waals surface area (Å²) >= 11 is 5.70. The van der Waals surface area contributed by atoms with Gasteiger partial charge in [0.1, 0.15) is 5.15 Å². The Morgan fingerprint density at radius 1 is 1.38 bits per heavy atom. The molecule has 10 heteroatoms. The van der Waals surface area contributed by atoms with E-state index in [1.807, 2.05) is 0 Å². The van der Waals surface area contributed by atoms with Crippen LogP contribution < -0.4 is 0 Å². The highest BCUT2D eigenvalue weighted by Gasteiger charge is 2.39. The van der Waals surface area contributed by atoms with Crippen LogP contribution in [0.3, 0.4) is 0 Å². The molecule has 1 aromatic heterocycles. The number of nitrogens with zero attached hydrogens (tertiary/aromatic N) is 3. The van der Waals surface area contributed by atoms with Crippen LogP contribution in [0, 0.1) is 10.1 Å². The van der Waals surface area contributed by atoms with Gasteiger partial charge in [-0.15, -0.1) is 0 Å². The molecule has 110 valence electrons. The molecule has 0 aliphatic rings. The SMILES string of the molecule is O=Cc1c(C(F)(F)F)nn(-c2cccc([N+](=O)[O-])c2)c1Cl. The first-order valence-electron chi connectivity index (χ1n) is 5.31. The molecule has 0 fully saturated rings. The van der Waals surface area contributed by atoms with Crippen molar-refractivity contribution in [3.63, 3.8) is 0 Å². The second-order valence-electron chi connectivity index (χ2n) is 3.86. The summed E-state index contributed by atoms with van der Waals surface area (Å²) in [6, 6.07) is 4.69. The topological polar surface area (TPSA) is 78.0 Å². The number of carbonyl (C=O) groups is 1. The van der Waals surface area contributed by atoms with Crippen molar-refractivity contribution in [2.75, 3.05) is 0 Å². The van der Waals surface area contributed by atoms with Crippen molar-refractivity contribution in [1.82, 2.24) is 9.78 Å². The van der Waals surface area contributed by atoms with Crippen molar-refractivity contribution in [1.29, 1.82) is 0 Å². The summed E-state index contributed by atoms with van der Waals surface area (Å²) in [5.74, 6) is 0. The van der Waals surface area contributed by atoms with E-state index in [0.29, 0.717) is 4.68 Å². The molecule has 0 saturated heterocycles. The highest BCUT2D eigenvalue weighted by atomic mass is 35.5. The van der Waals surface area contributed by atoms with Crippen LogP contribution in [-0.2, 0) is 6.18 Å². The molecule has 0 saturated carbocycles. The van der Waals surface area contributed by atoms with Gasteiger partial charge in [0.25, 0.3) is 5.69 Å². The number of nitro groups is 1. The van der Waals surface area contributed by atoms with Crippen molar-refractivity contribution in [2.45, 2.75) is 6.18 Å². The van der Waals surface area contributed by atoms with E-state index in [9.17, 15) is 28.1 Å². The highest BCUT2D eigenvalue weighted by molar-refractivity contribution is 6.32. The molecular weight excluding hydrogens is 315 g/mol. The number of rotatable bonds is 3. The van der Waals surface area contributed by atoms with Gasteiger partial charge in [-0.3, -0.25) is 14.9 Å². The third kappa shape index (κ3) is 2.72. The van der Waals surface area contributed by atoms with E-state index in [-0.39, 0.29) is 17.7 Å². The van der Waals surface area contributed by atoms with E-state index in [1.165, 1.54) is 12.1 Å². The monoisotopic (exact) mass is 319 g/mol. The molecule has 0 amide bonds. The largest absolute Gasteiger partial charge is 0.435 e. The summed E-state index contributed by atoms with van der Waals surface area (Å²) in [5, 5.41) is 13.3. The number of halogens is 4. The first kappa shape index (κ1) is 15.0. The van der Waals surface area contributed by atoms with Gasteiger partial charge in [0.2, 0.25) is 0 Å². The zero-order valence-electron chi connectivity index (χ0n) is 9.96. The maximum Gasteiger partial charge on any atom is 0.435 e. The van der Waals surface area contributed by atoms with Crippen molar-refractivity contribution < 1.29 is 22.9 Å². The van der Waals surface area contributed by atoms with E-state index >= 15 is 0 Å². The van der Waals surface area contributed by atoms with Gasteiger partial charge in [-0.1, -0.05) is 17.7 Å². The number of hydrogen-bond donors (Lipinski definition) is 0. The van der Waals surface area contributed by atoms with E-state index in [4.69, 9.17) is 11.6 Å². The Hall–Kier alpha value is -2.42. The lowest BCUT2D eigenvalue weighted by molar-refractivity contribution is -0.384. The number of aldehydes is 1. The Balaban J connectivity index is 2.65. The van der Waals surface area contributed by atoms with E-state index in [2.05, 4.69) is 5.10 Å². The van der Waals surface area contributed by atoms with Gasteiger partial charge in [-0.05, 0) is 6.07 Å². The van der Waals surface area contributed by atoms with Gasteiger partial charge in [0, 0.05) is 12.1 Å². The fourth-order valence-electron chi connectivity index (χ4n) is 1.63. The predicted molar refractivity (Wildman–Crippen MR) is 65.6 cm³/mol. The maximum atomic E-state index is 12.8. The van der Waals surface area contributed by atoms with Gasteiger partial charge in [0.05, 0.1) is 16.2 Å².